The van der Waals surface area contributed by atoms with Gasteiger partial charge in [0.15, 0.2) is 11.5 Å². The minimum atomic E-state index is -0.510. The molecule has 0 aliphatic carbocycles. The van der Waals surface area contributed by atoms with E-state index in [1.807, 2.05) is 18.2 Å². The Balaban J connectivity index is 1.82. The molecule has 3 rings (SSSR count). The fourth-order valence-corrected chi connectivity index (χ4v) is 4.33. The number of nitrogens with one attached hydrogen (secondary N) is 1. The van der Waals surface area contributed by atoms with Crippen molar-refractivity contribution in [1.82, 2.24) is 0 Å². The second kappa shape index (κ2) is 11.7. The first-order chi connectivity index (χ1) is 15.8. The van der Waals surface area contributed by atoms with Crippen LogP contribution < -0.4 is 14.8 Å². The van der Waals surface area contributed by atoms with Crippen molar-refractivity contribution in [2.45, 2.75) is 6.61 Å². The first-order valence-corrected chi connectivity index (χ1v) is 12.1. The lowest BCUT2D eigenvalue weighted by Crippen LogP contribution is -2.13. The number of anilines is 1. The second-order valence-electron chi connectivity index (χ2n) is 6.71. The van der Waals surface area contributed by atoms with Crippen LogP contribution in [0.3, 0.4) is 0 Å². The number of benzene rings is 3. The third kappa shape index (κ3) is 6.87. The Morgan fingerprint density at radius 2 is 1.97 bits per heavy atom. The van der Waals surface area contributed by atoms with Gasteiger partial charge in [-0.2, -0.15) is 5.26 Å². The van der Waals surface area contributed by atoms with Gasteiger partial charge < -0.3 is 14.8 Å². The lowest BCUT2D eigenvalue weighted by Gasteiger charge is -2.14. The van der Waals surface area contributed by atoms with Gasteiger partial charge in [-0.05, 0) is 82.3 Å². The molecule has 0 heterocycles. The lowest BCUT2D eigenvalue weighted by molar-refractivity contribution is -0.112. The highest BCUT2D eigenvalue weighted by Crippen LogP contribution is 2.35. The molecule has 0 fully saturated rings. The highest BCUT2D eigenvalue weighted by molar-refractivity contribution is 14.1. The van der Waals surface area contributed by atoms with Crippen LogP contribution in [-0.4, -0.2) is 13.0 Å². The average Bonchev–Trinajstić information content (AvgIpc) is 2.78. The predicted octanol–water partition coefficient (Wildman–Crippen LogP) is 7.49. The number of nitrogens with zero attached hydrogens (tertiary/aromatic N) is 1. The number of nitriles is 1. The van der Waals surface area contributed by atoms with E-state index in [9.17, 15) is 10.1 Å². The zero-order valence-electron chi connectivity index (χ0n) is 17.2. The summed E-state index contributed by atoms with van der Waals surface area (Å²) in [5.74, 6) is 0.501. The summed E-state index contributed by atoms with van der Waals surface area (Å²) >= 11 is 17.5. The normalized spacial score (nSPS) is 11.0. The smallest absolute Gasteiger partial charge is 0.266 e. The maximum Gasteiger partial charge on any atom is 0.266 e. The molecule has 0 radical (unpaired) electrons. The van der Waals surface area contributed by atoms with Crippen molar-refractivity contribution < 1.29 is 14.3 Å². The Hall–Kier alpha value is -2.25. The molecule has 3 aromatic rings. The van der Waals surface area contributed by atoms with Crippen LogP contribution in [0.1, 0.15) is 11.1 Å². The Kier molecular flexibility index (Phi) is 9.03. The Morgan fingerprint density at radius 1 is 1.18 bits per heavy atom. The molecule has 0 aliphatic heterocycles. The van der Waals surface area contributed by atoms with Gasteiger partial charge in [-0.25, -0.2) is 0 Å². The first kappa shape index (κ1) is 25.4. The SMILES string of the molecule is COc1cc(/C=C(/C#N)C(=O)Nc2cccc(Br)c2)cc(I)c1OCc1ccc(Cl)c(Cl)c1. The molecule has 9 heteroatoms. The molecule has 5 nitrogen and oxygen atoms in total. The number of rotatable bonds is 7. The van der Waals surface area contributed by atoms with Crippen molar-refractivity contribution in [2.24, 2.45) is 0 Å². The van der Waals surface area contributed by atoms with Crippen molar-refractivity contribution in [2.75, 3.05) is 12.4 Å². The van der Waals surface area contributed by atoms with E-state index in [-0.39, 0.29) is 12.2 Å². The summed E-state index contributed by atoms with van der Waals surface area (Å²) in [7, 11) is 1.52. The monoisotopic (exact) mass is 656 g/mol. The Labute approximate surface area is 223 Å². The fourth-order valence-electron chi connectivity index (χ4n) is 2.83. The zero-order chi connectivity index (χ0) is 24.0. The van der Waals surface area contributed by atoms with E-state index in [1.165, 1.54) is 13.2 Å². The topological polar surface area (TPSA) is 71.3 Å². The number of halogens is 4. The van der Waals surface area contributed by atoms with Crippen molar-refractivity contribution >= 4 is 79.4 Å². The third-order valence-electron chi connectivity index (χ3n) is 4.38. The second-order valence-corrected chi connectivity index (χ2v) is 9.60. The number of amides is 1. The van der Waals surface area contributed by atoms with Crippen LogP contribution in [0.5, 0.6) is 11.5 Å². The van der Waals surface area contributed by atoms with E-state index in [0.717, 1.165) is 13.6 Å². The van der Waals surface area contributed by atoms with Gasteiger partial charge in [0.2, 0.25) is 0 Å². The highest BCUT2D eigenvalue weighted by Gasteiger charge is 2.15. The third-order valence-corrected chi connectivity index (χ3v) is 6.41. The summed E-state index contributed by atoms with van der Waals surface area (Å²) in [5.41, 5.74) is 2.01. The van der Waals surface area contributed by atoms with E-state index >= 15 is 0 Å². The number of methoxy groups -OCH3 is 1. The number of hydrogen-bond donors (Lipinski definition) is 1. The zero-order valence-corrected chi connectivity index (χ0v) is 22.4. The molecule has 33 heavy (non-hydrogen) atoms. The quantitative estimate of drug-likeness (QED) is 0.162. The van der Waals surface area contributed by atoms with E-state index < -0.39 is 5.91 Å². The van der Waals surface area contributed by atoms with Gasteiger partial charge >= 0.3 is 0 Å². The molecule has 3 aromatic carbocycles. The van der Waals surface area contributed by atoms with Gasteiger partial charge in [-0.3, -0.25) is 4.79 Å². The summed E-state index contributed by atoms with van der Waals surface area (Å²) in [6.07, 6.45) is 1.50. The molecule has 0 spiro atoms. The largest absolute Gasteiger partial charge is 0.493 e. The van der Waals surface area contributed by atoms with Crippen molar-refractivity contribution in [3.05, 3.63) is 89.4 Å². The van der Waals surface area contributed by atoms with E-state index in [1.54, 1.807) is 42.5 Å². The Morgan fingerprint density at radius 3 is 2.64 bits per heavy atom. The van der Waals surface area contributed by atoms with Gasteiger partial charge in [0, 0.05) is 10.2 Å². The first-order valence-electron chi connectivity index (χ1n) is 9.43. The van der Waals surface area contributed by atoms with Crippen LogP contribution in [-0.2, 0) is 11.4 Å². The fraction of sp³-hybridized carbons (Fsp3) is 0.0833. The Bertz CT molecular complexity index is 1280. The van der Waals surface area contributed by atoms with Crippen LogP contribution >= 0.6 is 61.7 Å². The number of ether oxygens (including phenoxy) is 2. The molecule has 0 atom stereocenters. The number of carbonyl (C=O) groups excluding carboxylic acids is 1. The molecule has 1 amide bonds. The standard InChI is InChI=1S/C24H16BrCl2IN2O3/c1-32-22-10-15(7-16(12-29)24(31)30-18-4-2-3-17(25)11-18)9-21(28)23(22)33-13-14-5-6-19(26)20(27)8-14/h2-11H,13H2,1H3,(H,30,31)/b16-7-. The highest BCUT2D eigenvalue weighted by atomic mass is 127. The molecule has 0 aromatic heterocycles. The van der Waals surface area contributed by atoms with E-state index in [4.69, 9.17) is 32.7 Å². The molecule has 0 saturated heterocycles. The average molecular weight is 658 g/mol. The van der Waals surface area contributed by atoms with Gasteiger partial charge in [0.1, 0.15) is 18.2 Å². The van der Waals surface area contributed by atoms with Gasteiger partial charge in [-0.1, -0.05) is 51.3 Å². The lowest BCUT2D eigenvalue weighted by atomic mass is 10.1. The van der Waals surface area contributed by atoms with Crippen molar-refractivity contribution in [3.63, 3.8) is 0 Å². The van der Waals surface area contributed by atoms with Crippen LogP contribution in [0.2, 0.25) is 10.0 Å². The van der Waals surface area contributed by atoms with Crippen molar-refractivity contribution in [3.8, 4) is 17.6 Å². The van der Waals surface area contributed by atoms with Crippen LogP contribution in [0, 0.1) is 14.9 Å². The summed E-state index contributed by atoms with van der Waals surface area (Å²) in [6, 6.07) is 17.9. The summed E-state index contributed by atoms with van der Waals surface area (Å²) < 4.78 is 13.0. The minimum absolute atomic E-state index is 0.0442. The summed E-state index contributed by atoms with van der Waals surface area (Å²) in [6.45, 7) is 0.261. The molecule has 0 bridgehead atoms. The number of carbonyl (C=O) groups is 1. The predicted molar refractivity (Wildman–Crippen MR) is 143 cm³/mol. The molecule has 1 N–H and O–H groups in total. The van der Waals surface area contributed by atoms with E-state index in [0.29, 0.717) is 32.8 Å². The van der Waals surface area contributed by atoms with Gasteiger partial charge in [-0.15, -0.1) is 0 Å². The van der Waals surface area contributed by atoms with Gasteiger partial charge in [0.25, 0.3) is 5.91 Å². The molecule has 168 valence electrons. The molecular formula is C24H16BrCl2IN2O3. The maximum absolute atomic E-state index is 12.6. The molecule has 0 unspecified atom stereocenters. The van der Waals surface area contributed by atoms with Crippen molar-refractivity contribution in [1.29, 1.82) is 5.26 Å². The summed E-state index contributed by atoms with van der Waals surface area (Å²) in [4.78, 5) is 12.6. The summed E-state index contributed by atoms with van der Waals surface area (Å²) in [5, 5.41) is 13.2. The maximum atomic E-state index is 12.6. The van der Waals surface area contributed by atoms with Crippen LogP contribution in [0.15, 0.2) is 64.6 Å². The molecule has 0 saturated carbocycles. The molecule has 0 aliphatic rings. The number of hydrogen-bond acceptors (Lipinski definition) is 4. The van der Waals surface area contributed by atoms with Gasteiger partial charge in [0.05, 0.1) is 20.7 Å². The van der Waals surface area contributed by atoms with Crippen LogP contribution in [0.4, 0.5) is 5.69 Å². The molecular weight excluding hydrogens is 642 g/mol. The minimum Gasteiger partial charge on any atom is -0.493 e. The van der Waals surface area contributed by atoms with E-state index in [2.05, 4.69) is 43.8 Å². The van der Waals surface area contributed by atoms with Crippen LogP contribution in [0.25, 0.3) is 6.08 Å².